The van der Waals surface area contributed by atoms with Gasteiger partial charge in [0.05, 0.1) is 18.7 Å². The van der Waals surface area contributed by atoms with Crippen LogP contribution in [0, 0.1) is 11.7 Å². The van der Waals surface area contributed by atoms with Crippen LogP contribution in [0.25, 0.3) is 0 Å². The molecule has 0 atom stereocenters. The van der Waals surface area contributed by atoms with Crippen molar-refractivity contribution >= 4 is 5.78 Å². The molecule has 92 valence electrons. The molecule has 0 aromatic heterocycles. The van der Waals surface area contributed by atoms with Gasteiger partial charge in [-0.3, -0.25) is 4.79 Å². The van der Waals surface area contributed by atoms with E-state index in [0.29, 0.717) is 23.8 Å². The fourth-order valence-electron chi connectivity index (χ4n) is 1.59. The van der Waals surface area contributed by atoms with Gasteiger partial charge in [-0.25, -0.2) is 4.39 Å². The van der Waals surface area contributed by atoms with Gasteiger partial charge < -0.3 is 10.1 Å². The van der Waals surface area contributed by atoms with Crippen LogP contribution < -0.4 is 10.1 Å². The number of benzene rings is 1. The molecule has 2 rings (SSSR count). The van der Waals surface area contributed by atoms with E-state index in [2.05, 4.69) is 5.32 Å². The summed E-state index contributed by atoms with van der Waals surface area (Å²) in [6.45, 7) is 0.800. The van der Waals surface area contributed by atoms with Crippen LogP contribution in [0.5, 0.6) is 5.75 Å². The lowest BCUT2D eigenvalue weighted by atomic mass is 10.1. The molecule has 0 amide bonds. The Morgan fingerprint density at radius 2 is 2.29 bits per heavy atom. The Morgan fingerprint density at radius 3 is 2.94 bits per heavy atom. The number of halogens is 1. The molecule has 1 aromatic carbocycles. The van der Waals surface area contributed by atoms with E-state index < -0.39 is 5.82 Å². The average Bonchev–Trinajstić information content (AvgIpc) is 3.11. The molecule has 3 nitrogen and oxygen atoms in total. The van der Waals surface area contributed by atoms with Crippen molar-refractivity contribution in [3.63, 3.8) is 0 Å². The summed E-state index contributed by atoms with van der Waals surface area (Å²) < 4.78 is 18.7. The predicted molar refractivity (Wildman–Crippen MR) is 62.9 cm³/mol. The molecule has 0 spiro atoms. The second-order valence-electron chi connectivity index (χ2n) is 4.35. The zero-order valence-corrected chi connectivity index (χ0v) is 9.83. The molecular weight excluding hydrogens is 221 g/mol. The van der Waals surface area contributed by atoms with Gasteiger partial charge in [-0.05, 0) is 44.0 Å². The molecule has 0 radical (unpaired) electrons. The van der Waals surface area contributed by atoms with Crippen molar-refractivity contribution in [3.05, 3.63) is 29.6 Å². The molecule has 0 unspecified atom stereocenters. The molecule has 0 saturated heterocycles. The average molecular weight is 237 g/mol. The molecule has 1 saturated carbocycles. The second kappa shape index (κ2) is 5.27. The van der Waals surface area contributed by atoms with Gasteiger partial charge in [0.1, 0.15) is 11.6 Å². The van der Waals surface area contributed by atoms with Crippen LogP contribution in [-0.4, -0.2) is 26.0 Å². The number of ether oxygens (including phenoxy) is 1. The van der Waals surface area contributed by atoms with Gasteiger partial charge in [0.2, 0.25) is 0 Å². The molecule has 1 aliphatic carbocycles. The van der Waals surface area contributed by atoms with Crippen LogP contribution in [-0.2, 0) is 0 Å². The van der Waals surface area contributed by atoms with Gasteiger partial charge in [-0.2, -0.15) is 0 Å². The van der Waals surface area contributed by atoms with Crippen molar-refractivity contribution in [2.45, 2.75) is 12.8 Å². The van der Waals surface area contributed by atoms with Gasteiger partial charge in [0.15, 0.2) is 5.78 Å². The third-order valence-electron chi connectivity index (χ3n) is 2.75. The number of carbonyl (C=O) groups is 1. The smallest absolute Gasteiger partial charge is 0.180 e. The van der Waals surface area contributed by atoms with Gasteiger partial charge in [-0.15, -0.1) is 0 Å². The predicted octanol–water partition coefficient (Wildman–Crippen LogP) is 2.02. The number of ketones is 1. The zero-order chi connectivity index (χ0) is 12.3. The minimum Gasteiger partial charge on any atom is -0.493 e. The topological polar surface area (TPSA) is 38.3 Å². The number of carbonyl (C=O) groups excluding carboxylic acids is 1. The first-order valence-electron chi connectivity index (χ1n) is 5.81. The minimum atomic E-state index is -0.414. The molecule has 1 aliphatic rings. The van der Waals surface area contributed by atoms with Crippen LogP contribution >= 0.6 is 0 Å². The highest BCUT2D eigenvalue weighted by molar-refractivity contribution is 6.00. The minimum absolute atomic E-state index is 0.155. The standard InChI is InChI=1S/C13H16FNO2/c1-15-7-12(16)11-6-10(14)4-5-13(11)17-8-9-2-3-9/h4-6,9,15H,2-3,7-8H2,1H3. The molecule has 1 aromatic rings. The second-order valence-corrected chi connectivity index (χ2v) is 4.35. The van der Waals surface area contributed by atoms with Gasteiger partial charge in [0, 0.05) is 0 Å². The van der Waals surface area contributed by atoms with Crippen molar-refractivity contribution in [1.82, 2.24) is 5.32 Å². The lowest BCUT2D eigenvalue weighted by molar-refractivity contribution is 0.0989. The lowest BCUT2D eigenvalue weighted by Crippen LogP contribution is -2.19. The Balaban J connectivity index is 2.13. The summed E-state index contributed by atoms with van der Waals surface area (Å²) >= 11 is 0. The lowest BCUT2D eigenvalue weighted by Gasteiger charge is -2.10. The van der Waals surface area contributed by atoms with Crippen molar-refractivity contribution in [1.29, 1.82) is 0 Å². The highest BCUT2D eigenvalue weighted by atomic mass is 19.1. The molecule has 4 heteroatoms. The summed E-state index contributed by atoms with van der Waals surface area (Å²) in [5, 5.41) is 2.76. The SMILES string of the molecule is CNCC(=O)c1cc(F)ccc1OCC1CC1. The summed E-state index contributed by atoms with van der Waals surface area (Å²) in [7, 11) is 1.68. The van der Waals surface area contributed by atoms with E-state index in [9.17, 15) is 9.18 Å². The monoisotopic (exact) mass is 237 g/mol. The maximum absolute atomic E-state index is 13.1. The Bertz CT molecular complexity index is 416. The Labute approximate surface area is 100.0 Å². The first-order valence-corrected chi connectivity index (χ1v) is 5.81. The van der Waals surface area contributed by atoms with Crippen LogP contribution in [0.1, 0.15) is 23.2 Å². The fraction of sp³-hybridized carbons (Fsp3) is 0.462. The number of nitrogens with one attached hydrogen (secondary N) is 1. The van der Waals surface area contributed by atoms with Gasteiger partial charge in [0.25, 0.3) is 0 Å². The van der Waals surface area contributed by atoms with Crippen LogP contribution in [0.2, 0.25) is 0 Å². The fourth-order valence-corrected chi connectivity index (χ4v) is 1.59. The van der Waals surface area contributed by atoms with Crippen LogP contribution in [0.15, 0.2) is 18.2 Å². The highest BCUT2D eigenvalue weighted by Crippen LogP contribution is 2.30. The summed E-state index contributed by atoms with van der Waals surface area (Å²) in [4.78, 5) is 11.8. The van der Waals surface area contributed by atoms with E-state index >= 15 is 0 Å². The van der Waals surface area contributed by atoms with E-state index in [1.165, 1.54) is 31.0 Å². The Kier molecular flexibility index (Phi) is 3.74. The summed E-state index contributed by atoms with van der Waals surface area (Å²) in [5.41, 5.74) is 0.319. The summed E-state index contributed by atoms with van der Waals surface area (Å²) in [5.74, 6) is 0.520. The summed E-state index contributed by atoms with van der Waals surface area (Å²) in [6.07, 6.45) is 2.36. The molecule has 1 N–H and O–H groups in total. The third kappa shape index (κ3) is 3.27. The van der Waals surface area contributed by atoms with E-state index in [0.717, 1.165) is 0 Å². The molecule has 0 aliphatic heterocycles. The van der Waals surface area contributed by atoms with Crippen molar-refractivity contribution in [3.8, 4) is 5.75 Å². The van der Waals surface area contributed by atoms with Gasteiger partial charge >= 0.3 is 0 Å². The van der Waals surface area contributed by atoms with Crippen molar-refractivity contribution < 1.29 is 13.9 Å². The number of hydrogen-bond acceptors (Lipinski definition) is 3. The normalized spacial score (nSPS) is 14.7. The maximum Gasteiger partial charge on any atom is 0.180 e. The number of likely N-dealkylation sites (N-methyl/N-ethyl adjacent to an activating group) is 1. The van der Waals surface area contributed by atoms with Crippen molar-refractivity contribution in [2.75, 3.05) is 20.2 Å². The zero-order valence-electron chi connectivity index (χ0n) is 9.83. The maximum atomic E-state index is 13.1. The van der Waals surface area contributed by atoms with E-state index in [1.54, 1.807) is 7.05 Å². The quantitative estimate of drug-likeness (QED) is 0.769. The molecule has 17 heavy (non-hydrogen) atoms. The first-order chi connectivity index (χ1) is 8.20. The summed E-state index contributed by atoms with van der Waals surface area (Å²) in [6, 6.07) is 4.08. The molecule has 0 heterocycles. The third-order valence-corrected chi connectivity index (χ3v) is 2.75. The highest BCUT2D eigenvalue weighted by Gasteiger charge is 2.23. The molecule has 1 fully saturated rings. The molecular formula is C13H16FNO2. The largest absolute Gasteiger partial charge is 0.493 e. The van der Waals surface area contributed by atoms with Crippen LogP contribution in [0.3, 0.4) is 0 Å². The number of Topliss-reactive ketones (excluding diaryl/α,β-unsaturated/α-hetero) is 1. The van der Waals surface area contributed by atoms with Crippen LogP contribution in [0.4, 0.5) is 4.39 Å². The van der Waals surface area contributed by atoms with E-state index in [1.807, 2.05) is 0 Å². The Morgan fingerprint density at radius 1 is 1.53 bits per heavy atom. The Hall–Kier alpha value is -1.42. The number of hydrogen-bond donors (Lipinski definition) is 1. The first kappa shape index (κ1) is 12.0. The van der Waals surface area contributed by atoms with Crippen molar-refractivity contribution in [2.24, 2.45) is 5.92 Å². The van der Waals surface area contributed by atoms with Gasteiger partial charge in [-0.1, -0.05) is 0 Å². The molecule has 0 bridgehead atoms. The van der Waals surface area contributed by atoms with E-state index in [-0.39, 0.29) is 12.3 Å². The van der Waals surface area contributed by atoms with E-state index in [4.69, 9.17) is 4.74 Å². The number of rotatable bonds is 6.